The Morgan fingerprint density at radius 1 is 1.25 bits per heavy atom. The molecule has 0 N–H and O–H groups in total. The number of hydrogen-bond donors (Lipinski definition) is 0. The molecule has 0 saturated heterocycles. The minimum Gasteiger partial charge on any atom is -0.461 e. The van der Waals surface area contributed by atoms with Crippen LogP contribution in [0.4, 0.5) is 0 Å². The van der Waals surface area contributed by atoms with Crippen molar-refractivity contribution in [2.24, 2.45) is 0 Å². The summed E-state index contributed by atoms with van der Waals surface area (Å²) < 4.78 is 6.87. The molecular weight excluding hydrogens is 322 g/mol. The normalized spacial score (nSPS) is 10.3. The van der Waals surface area contributed by atoms with E-state index in [2.05, 4.69) is 5.10 Å². The van der Waals surface area contributed by atoms with Crippen LogP contribution >= 0.6 is 11.3 Å². The predicted molar refractivity (Wildman–Crippen MR) is 92.0 cm³/mol. The van der Waals surface area contributed by atoms with Crippen LogP contribution in [0.15, 0.2) is 53.9 Å². The van der Waals surface area contributed by atoms with Gasteiger partial charge in [0.2, 0.25) is 0 Å². The van der Waals surface area contributed by atoms with Gasteiger partial charge in [-0.05, 0) is 30.0 Å². The lowest BCUT2D eigenvalue weighted by atomic mass is 10.3. The summed E-state index contributed by atoms with van der Waals surface area (Å²) in [5, 5.41) is 15.1. The molecule has 0 aliphatic carbocycles. The average Bonchev–Trinajstić information content (AvgIpc) is 3.28. The third kappa shape index (κ3) is 3.53. The topological polar surface area (TPSA) is 67.9 Å². The van der Waals surface area contributed by atoms with E-state index in [-0.39, 0.29) is 6.61 Å². The zero-order chi connectivity index (χ0) is 16.8. The number of carbonyl (C=O) groups is 1. The Labute approximate surface area is 143 Å². The maximum Gasteiger partial charge on any atom is 0.357 e. The van der Waals surface area contributed by atoms with E-state index in [1.807, 2.05) is 53.9 Å². The number of nitriles is 1. The van der Waals surface area contributed by atoms with Crippen LogP contribution in [-0.4, -0.2) is 22.4 Å². The summed E-state index contributed by atoms with van der Waals surface area (Å²) in [7, 11) is 0. The molecule has 0 saturated carbocycles. The standard InChI is InChI=1S/C18H15N3O2S/c19-10-4-5-11-23-18(22)16-13-15(17-9-6-12-24-17)20-21(16)14-7-2-1-3-8-14/h1-3,6-9,12-13H,4-5,11H2. The third-order valence-electron chi connectivity index (χ3n) is 3.36. The molecule has 6 heteroatoms. The molecule has 0 unspecified atom stereocenters. The Morgan fingerprint density at radius 3 is 2.79 bits per heavy atom. The van der Waals surface area contributed by atoms with E-state index in [0.29, 0.717) is 18.5 Å². The van der Waals surface area contributed by atoms with Gasteiger partial charge in [0.25, 0.3) is 0 Å². The molecule has 0 spiro atoms. The maximum atomic E-state index is 12.4. The van der Waals surface area contributed by atoms with E-state index >= 15 is 0 Å². The van der Waals surface area contributed by atoms with Gasteiger partial charge < -0.3 is 4.74 Å². The molecule has 0 aliphatic rings. The summed E-state index contributed by atoms with van der Waals surface area (Å²) in [4.78, 5) is 13.4. The first-order valence-electron chi connectivity index (χ1n) is 7.53. The molecule has 1 aromatic carbocycles. The number of thiophene rings is 1. The SMILES string of the molecule is N#CCCCOC(=O)c1cc(-c2cccs2)nn1-c1ccccc1. The summed E-state index contributed by atoms with van der Waals surface area (Å²) in [6, 6.07) is 17.2. The quantitative estimate of drug-likeness (QED) is 0.502. The van der Waals surface area contributed by atoms with Gasteiger partial charge in [0.1, 0.15) is 5.69 Å². The minimum absolute atomic E-state index is 0.223. The van der Waals surface area contributed by atoms with Crippen LogP contribution in [0.1, 0.15) is 23.3 Å². The van der Waals surface area contributed by atoms with Crippen molar-refractivity contribution < 1.29 is 9.53 Å². The summed E-state index contributed by atoms with van der Waals surface area (Å²) in [5.74, 6) is -0.438. The van der Waals surface area contributed by atoms with Crippen LogP contribution in [-0.2, 0) is 4.74 Å². The fourth-order valence-corrected chi connectivity index (χ4v) is 2.91. The van der Waals surface area contributed by atoms with Crippen LogP contribution in [0.5, 0.6) is 0 Å². The van der Waals surface area contributed by atoms with E-state index in [9.17, 15) is 4.79 Å². The molecule has 0 amide bonds. The van der Waals surface area contributed by atoms with Gasteiger partial charge in [-0.2, -0.15) is 10.4 Å². The first-order chi connectivity index (χ1) is 11.8. The Bertz CT molecular complexity index is 848. The van der Waals surface area contributed by atoms with Gasteiger partial charge in [-0.15, -0.1) is 11.3 Å². The molecule has 0 radical (unpaired) electrons. The van der Waals surface area contributed by atoms with E-state index in [4.69, 9.17) is 10.00 Å². The van der Waals surface area contributed by atoms with E-state index in [1.165, 1.54) is 0 Å². The van der Waals surface area contributed by atoms with Crippen molar-refractivity contribution >= 4 is 17.3 Å². The molecule has 120 valence electrons. The maximum absolute atomic E-state index is 12.4. The molecule has 5 nitrogen and oxygen atoms in total. The van der Waals surface area contributed by atoms with E-state index in [1.54, 1.807) is 22.1 Å². The van der Waals surface area contributed by atoms with Crippen LogP contribution in [0, 0.1) is 11.3 Å². The molecule has 2 heterocycles. The predicted octanol–water partition coefficient (Wildman–Crippen LogP) is 4.06. The Kier molecular flexibility index (Phi) is 5.04. The van der Waals surface area contributed by atoms with Crippen molar-refractivity contribution in [1.29, 1.82) is 5.26 Å². The molecule has 3 rings (SSSR count). The summed E-state index contributed by atoms with van der Waals surface area (Å²) in [6.45, 7) is 0.223. The largest absolute Gasteiger partial charge is 0.461 e. The Hall–Kier alpha value is -2.91. The van der Waals surface area contributed by atoms with Crippen LogP contribution in [0.2, 0.25) is 0 Å². The van der Waals surface area contributed by atoms with Crippen LogP contribution in [0.3, 0.4) is 0 Å². The van der Waals surface area contributed by atoms with Gasteiger partial charge in [-0.25, -0.2) is 9.48 Å². The van der Waals surface area contributed by atoms with Crippen molar-refractivity contribution in [2.45, 2.75) is 12.8 Å². The summed E-state index contributed by atoms with van der Waals surface area (Å²) in [5.41, 5.74) is 1.91. The van der Waals surface area contributed by atoms with E-state index < -0.39 is 5.97 Å². The van der Waals surface area contributed by atoms with E-state index in [0.717, 1.165) is 16.3 Å². The van der Waals surface area contributed by atoms with Gasteiger partial charge in [-0.1, -0.05) is 24.3 Å². The highest BCUT2D eigenvalue weighted by Crippen LogP contribution is 2.26. The molecular formula is C18H15N3O2S. The van der Waals surface area contributed by atoms with Gasteiger partial charge in [0.05, 0.1) is 23.2 Å². The summed E-state index contributed by atoms with van der Waals surface area (Å²) in [6.07, 6.45) is 0.894. The van der Waals surface area contributed by atoms with Crippen molar-refractivity contribution in [3.8, 4) is 22.3 Å². The first-order valence-corrected chi connectivity index (χ1v) is 8.41. The lowest BCUT2D eigenvalue weighted by Crippen LogP contribution is -2.12. The number of benzene rings is 1. The highest BCUT2D eigenvalue weighted by atomic mass is 32.1. The highest BCUT2D eigenvalue weighted by molar-refractivity contribution is 7.13. The zero-order valence-corrected chi connectivity index (χ0v) is 13.7. The lowest BCUT2D eigenvalue weighted by Gasteiger charge is -2.07. The minimum atomic E-state index is -0.438. The first kappa shape index (κ1) is 16.0. The van der Waals surface area contributed by atoms with Gasteiger partial charge in [-0.3, -0.25) is 0 Å². The molecule has 3 aromatic rings. The average molecular weight is 337 g/mol. The van der Waals surface area contributed by atoms with Crippen molar-refractivity contribution in [3.05, 3.63) is 59.6 Å². The van der Waals surface area contributed by atoms with Crippen LogP contribution in [0.25, 0.3) is 16.3 Å². The second-order valence-electron chi connectivity index (χ2n) is 5.04. The number of aromatic nitrogens is 2. The Balaban J connectivity index is 1.91. The molecule has 0 fully saturated rings. The second kappa shape index (κ2) is 7.57. The number of carbonyl (C=O) groups excluding carboxylic acids is 1. The zero-order valence-electron chi connectivity index (χ0n) is 12.9. The van der Waals surface area contributed by atoms with Gasteiger partial charge >= 0.3 is 5.97 Å². The fraction of sp³-hybridized carbons (Fsp3) is 0.167. The number of nitrogens with zero attached hydrogens (tertiary/aromatic N) is 3. The fourth-order valence-electron chi connectivity index (χ4n) is 2.23. The lowest BCUT2D eigenvalue weighted by molar-refractivity contribution is 0.0491. The number of ether oxygens (including phenoxy) is 1. The number of rotatable bonds is 6. The van der Waals surface area contributed by atoms with Crippen molar-refractivity contribution in [2.75, 3.05) is 6.61 Å². The number of unbranched alkanes of at least 4 members (excludes halogenated alkanes) is 1. The molecule has 24 heavy (non-hydrogen) atoms. The molecule has 0 atom stereocenters. The summed E-state index contributed by atoms with van der Waals surface area (Å²) >= 11 is 1.57. The monoisotopic (exact) mass is 337 g/mol. The van der Waals surface area contributed by atoms with Crippen molar-refractivity contribution in [3.63, 3.8) is 0 Å². The number of hydrogen-bond acceptors (Lipinski definition) is 5. The molecule has 2 aromatic heterocycles. The van der Waals surface area contributed by atoms with Gasteiger partial charge in [0, 0.05) is 12.5 Å². The van der Waals surface area contributed by atoms with Gasteiger partial charge in [0.15, 0.2) is 5.69 Å². The molecule has 0 aliphatic heterocycles. The third-order valence-corrected chi connectivity index (χ3v) is 4.25. The second-order valence-corrected chi connectivity index (χ2v) is 5.98. The van der Waals surface area contributed by atoms with Crippen molar-refractivity contribution in [1.82, 2.24) is 9.78 Å². The Morgan fingerprint density at radius 2 is 2.08 bits per heavy atom. The molecule has 0 bridgehead atoms. The van der Waals surface area contributed by atoms with Crippen LogP contribution < -0.4 is 0 Å². The highest BCUT2D eigenvalue weighted by Gasteiger charge is 2.19. The smallest absolute Gasteiger partial charge is 0.357 e. The number of esters is 1. The number of para-hydroxylation sites is 1.